The Labute approximate surface area is 160 Å². The van der Waals surface area contributed by atoms with Crippen LogP contribution in [0, 0.1) is 0 Å². The van der Waals surface area contributed by atoms with Crippen LogP contribution in [0.3, 0.4) is 0 Å². The Morgan fingerprint density at radius 1 is 1.11 bits per heavy atom. The van der Waals surface area contributed by atoms with Crippen molar-refractivity contribution in [2.45, 2.75) is 5.92 Å². The molecule has 1 saturated heterocycles. The molecule has 2 amide bonds. The van der Waals surface area contributed by atoms with Crippen molar-refractivity contribution in [3.05, 3.63) is 42.5 Å². The van der Waals surface area contributed by atoms with Crippen LogP contribution in [-0.2, 0) is 0 Å². The Morgan fingerprint density at radius 2 is 1.79 bits per heavy atom. The summed E-state index contributed by atoms with van der Waals surface area (Å²) in [6, 6.07) is 6.67. The first-order valence-electron chi connectivity index (χ1n) is 8.56. The molecule has 4 rings (SSSR count). The summed E-state index contributed by atoms with van der Waals surface area (Å²) in [6.45, 7) is 0.953. The number of rotatable bonds is 5. The zero-order chi connectivity index (χ0) is 19.5. The van der Waals surface area contributed by atoms with E-state index in [4.69, 9.17) is 14.0 Å². The van der Waals surface area contributed by atoms with Crippen LogP contribution in [0.4, 0.5) is 10.5 Å². The highest BCUT2D eigenvalue weighted by Crippen LogP contribution is 2.29. The predicted molar refractivity (Wildman–Crippen MR) is 98.2 cm³/mol. The number of benzene rings is 1. The maximum atomic E-state index is 12.4. The lowest BCUT2D eigenvalue weighted by Crippen LogP contribution is -2.50. The number of carbonyl (C=O) groups excluding carboxylic acids is 1. The molecule has 0 spiro atoms. The normalized spacial score (nSPS) is 13.7. The van der Waals surface area contributed by atoms with Crippen molar-refractivity contribution in [3.8, 4) is 23.1 Å². The van der Waals surface area contributed by atoms with Gasteiger partial charge in [0.05, 0.1) is 20.1 Å². The fourth-order valence-corrected chi connectivity index (χ4v) is 2.79. The number of carbonyl (C=O) groups is 1. The largest absolute Gasteiger partial charge is 0.497 e. The molecule has 0 radical (unpaired) electrons. The molecule has 3 heterocycles. The third-order valence-corrected chi connectivity index (χ3v) is 4.33. The molecule has 3 aromatic rings. The van der Waals surface area contributed by atoms with Gasteiger partial charge in [0.2, 0.25) is 17.5 Å². The van der Waals surface area contributed by atoms with Gasteiger partial charge in [-0.2, -0.15) is 4.98 Å². The summed E-state index contributed by atoms with van der Waals surface area (Å²) < 4.78 is 15.7. The number of likely N-dealkylation sites (tertiary alicyclic amines) is 1. The third-order valence-electron chi connectivity index (χ3n) is 4.33. The van der Waals surface area contributed by atoms with E-state index >= 15 is 0 Å². The topological polar surface area (TPSA) is 116 Å². The van der Waals surface area contributed by atoms with Crippen molar-refractivity contribution in [2.24, 2.45) is 0 Å². The molecule has 0 bridgehead atoms. The lowest BCUT2D eigenvalue weighted by Gasteiger charge is -2.36. The SMILES string of the molecule is COc1cc(NC(=O)N2CC(c3nc(-c4ncccn4)no3)C2)cc(OC)c1. The maximum Gasteiger partial charge on any atom is 0.321 e. The van der Waals surface area contributed by atoms with Gasteiger partial charge < -0.3 is 24.2 Å². The first kappa shape index (κ1) is 17.7. The van der Waals surface area contributed by atoms with Gasteiger partial charge in [-0.1, -0.05) is 5.16 Å². The Bertz CT molecular complexity index is 949. The molecule has 0 unspecified atom stereocenters. The van der Waals surface area contributed by atoms with Crippen LogP contribution in [0.25, 0.3) is 11.6 Å². The molecule has 1 aromatic carbocycles. The molecule has 1 aliphatic rings. The molecule has 0 saturated carbocycles. The number of urea groups is 1. The summed E-state index contributed by atoms with van der Waals surface area (Å²) >= 11 is 0. The number of amides is 2. The zero-order valence-corrected chi connectivity index (χ0v) is 15.3. The second-order valence-corrected chi connectivity index (χ2v) is 6.16. The van der Waals surface area contributed by atoms with Crippen LogP contribution in [-0.4, -0.2) is 58.3 Å². The molecular formula is C18H18N6O4. The Hall–Kier alpha value is -3.69. The summed E-state index contributed by atoms with van der Waals surface area (Å²) in [5.41, 5.74) is 0.589. The molecule has 1 fully saturated rings. The van der Waals surface area contributed by atoms with E-state index in [1.807, 2.05) is 0 Å². The summed E-state index contributed by atoms with van der Waals surface area (Å²) in [5, 5.41) is 6.74. The van der Waals surface area contributed by atoms with Gasteiger partial charge in [0.1, 0.15) is 11.5 Å². The fraction of sp³-hybridized carbons (Fsp3) is 0.278. The van der Waals surface area contributed by atoms with E-state index in [1.54, 1.807) is 55.8 Å². The predicted octanol–water partition coefficient (Wildman–Crippen LogP) is 2.18. The van der Waals surface area contributed by atoms with Crippen LogP contribution < -0.4 is 14.8 Å². The van der Waals surface area contributed by atoms with Gasteiger partial charge in [0, 0.05) is 49.4 Å². The number of methoxy groups -OCH3 is 2. The molecule has 28 heavy (non-hydrogen) atoms. The van der Waals surface area contributed by atoms with Crippen molar-refractivity contribution in [1.82, 2.24) is 25.0 Å². The second-order valence-electron chi connectivity index (χ2n) is 6.16. The zero-order valence-electron chi connectivity index (χ0n) is 15.3. The Morgan fingerprint density at radius 3 is 2.43 bits per heavy atom. The smallest absolute Gasteiger partial charge is 0.321 e. The number of aromatic nitrogens is 4. The Kier molecular flexibility index (Phi) is 4.75. The van der Waals surface area contributed by atoms with Crippen molar-refractivity contribution in [2.75, 3.05) is 32.6 Å². The highest BCUT2D eigenvalue weighted by molar-refractivity contribution is 5.90. The molecule has 2 aromatic heterocycles. The van der Waals surface area contributed by atoms with E-state index in [1.165, 1.54) is 0 Å². The van der Waals surface area contributed by atoms with Crippen LogP contribution >= 0.6 is 0 Å². The highest BCUT2D eigenvalue weighted by atomic mass is 16.5. The lowest BCUT2D eigenvalue weighted by atomic mass is 10.0. The van der Waals surface area contributed by atoms with Crippen LogP contribution in [0.1, 0.15) is 11.8 Å². The van der Waals surface area contributed by atoms with Gasteiger partial charge in [-0.15, -0.1) is 0 Å². The molecule has 1 N–H and O–H groups in total. The minimum atomic E-state index is -0.224. The average molecular weight is 382 g/mol. The van der Waals surface area contributed by atoms with Gasteiger partial charge in [-0.05, 0) is 6.07 Å². The van der Waals surface area contributed by atoms with Crippen molar-refractivity contribution >= 4 is 11.7 Å². The molecular weight excluding hydrogens is 364 g/mol. The Balaban J connectivity index is 1.36. The summed E-state index contributed by atoms with van der Waals surface area (Å²) in [4.78, 5) is 26.6. The monoisotopic (exact) mass is 382 g/mol. The number of hydrogen-bond donors (Lipinski definition) is 1. The van der Waals surface area contributed by atoms with Crippen LogP contribution in [0.5, 0.6) is 11.5 Å². The quantitative estimate of drug-likeness (QED) is 0.714. The number of hydrogen-bond acceptors (Lipinski definition) is 8. The second kappa shape index (κ2) is 7.51. The standard InChI is InChI=1S/C18H18N6O4/c1-26-13-6-12(7-14(8-13)27-2)21-18(25)24-9-11(10-24)17-22-16(23-28-17)15-19-4-3-5-20-15/h3-8,11H,9-10H2,1-2H3,(H,21,25). The van der Waals surface area contributed by atoms with E-state index < -0.39 is 0 Å². The molecule has 10 heteroatoms. The number of ether oxygens (including phenoxy) is 2. The first-order chi connectivity index (χ1) is 13.7. The minimum absolute atomic E-state index is 0.0180. The highest BCUT2D eigenvalue weighted by Gasteiger charge is 2.36. The van der Waals surface area contributed by atoms with Crippen molar-refractivity contribution in [1.29, 1.82) is 0 Å². The summed E-state index contributed by atoms with van der Waals surface area (Å²) in [7, 11) is 3.11. The lowest BCUT2D eigenvalue weighted by molar-refractivity contribution is 0.147. The molecule has 1 aliphatic heterocycles. The maximum absolute atomic E-state index is 12.4. The van der Waals surface area contributed by atoms with E-state index in [9.17, 15) is 4.79 Å². The van der Waals surface area contributed by atoms with Crippen molar-refractivity contribution < 1.29 is 18.8 Å². The van der Waals surface area contributed by atoms with E-state index in [0.717, 1.165) is 0 Å². The van der Waals surface area contributed by atoms with Gasteiger partial charge >= 0.3 is 6.03 Å². The molecule has 10 nitrogen and oxygen atoms in total. The fourth-order valence-electron chi connectivity index (χ4n) is 2.79. The van der Waals surface area contributed by atoms with E-state index in [0.29, 0.717) is 47.8 Å². The van der Waals surface area contributed by atoms with Gasteiger partial charge in [-0.25, -0.2) is 14.8 Å². The first-order valence-corrected chi connectivity index (χ1v) is 8.56. The number of nitrogens with one attached hydrogen (secondary N) is 1. The van der Waals surface area contributed by atoms with Gasteiger partial charge in [0.25, 0.3) is 0 Å². The average Bonchev–Trinajstić information content (AvgIpc) is 3.16. The van der Waals surface area contributed by atoms with E-state index in [2.05, 4.69) is 25.4 Å². The summed E-state index contributed by atoms with van der Waals surface area (Å²) in [5.74, 6) is 2.38. The number of nitrogens with zero attached hydrogens (tertiary/aromatic N) is 5. The van der Waals surface area contributed by atoms with Crippen LogP contribution in [0.15, 0.2) is 41.2 Å². The molecule has 144 valence electrons. The van der Waals surface area contributed by atoms with Crippen molar-refractivity contribution in [3.63, 3.8) is 0 Å². The third kappa shape index (κ3) is 3.56. The van der Waals surface area contributed by atoms with Crippen LogP contribution in [0.2, 0.25) is 0 Å². The molecule has 0 atom stereocenters. The molecule has 0 aliphatic carbocycles. The van der Waals surface area contributed by atoms with Gasteiger partial charge in [0.15, 0.2) is 0 Å². The minimum Gasteiger partial charge on any atom is -0.497 e. The van der Waals surface area contributed by atoms with E-state index in [-0.39, 0.29) is 11.9 Å². The summed E-state index contributed by atoms with van der Waals surface area (Å²) in [6.07, 6.45) is 3.22. The number of anilines is 1. The van der Waals surface area contributed by atoms with Gasteiger partial charge in [-0.3, -0.25) is 0 Å².